The van der Waals surface area contributed by atoms with Crippen LogP contribution in [0.1, 0.15) is 27.7 Å². The molecule has 0 aliphatic carbocycles. The van der Waals surface area contributed by atoms with Gasteiger partial charge in [0.1, 0.15) is 11.8 Å². The zero-order valence-corrected chi connectivity index (χ0v) is 11.8. The molecule has 8 heteroatoms. The summed E-state index contributed by atoms with van der Waals surface area (Å²) in [5.74, 6) is 0.0843. The van der Waals surface area contributed by atoms with Gasteiger partial charge in [0, 0.05) is 12.3 Å². The van der Waals surface area contributed by atoms with Gasteiger partial charge in [-0.3, -0.25) is 10.1 Å². The number of hydrogen-bond donors (Lipinski definition) is 2. The number of nitrogens with zero attached hydrogens (tertiary/aromatic N) is 2. The van der Waals surface area contributed by atoms with E-state index >= 15 is 0 Å². The SMILES string of the molecule is CC(NC(=O)OC(C)(C)C)Nc1ncccc1[N+](=O)[O-]. The number of rotatable bonds is 4. The fraction of sp³-hybridized carbons (Fsp3) is 0.500. The van der Waals surface area contributed by atoms with Crippen LogP contribution in [0.2, 0.25) is 0 Å². The van der Waals surface area contributed by atoms with E-state index < -0.39 is 22.8 Å². The maximum atomic E-state index is 11.6. The summed E-state index contributed by atoms with van der Waals surface area (Å²) in [6, 6.07) is 2.80. The number of carbonyl (C=O) groups is 1. The van der Waals surface area contributed by atoms with E-state index in [1.807, 2.05) is 0 Å². The molecule has 0 fully saturated rings. The Morgan fingerprint density at radius 3 is 2.70 bits per heavy atom. The Morgan fingerprint density at radius 2 is 2.15 bits per heavy atom. The van der Waals surface area contributed by atoms with E-state index in [0.29, 0.717) is 0 Å². The number of anilines is 1. The molecule has 8 nitrogen and oxygen atoms in total. The smallest absolute Gasteiger partial charge is 0.409 e. The third kappa shape index (κ3) is 5.09. The van der Waals surface area contributed by atoms with Crippen LogP contribution in [0.3, 0.4) is 0 Å². The Hall–Kier alpha value is -2.38. The number of amides is 1. The van der Waals surface area contributed by atoms with Crippen LogP contribution < -0.4 is 10.6 Å². The lowest BCUT2D eigenvalue weighted by Crippen LogP contribution is -2.41. The number of aromatic nitrogens is 1. The quantitative estimate of drug-likeness (QED) is 0.498. The minimum absolute atomic E-state index is 0.0843. The molecule has 0 radical (unpaired) electrons. The van der Waals surface area contributed by atoms with Crippen molar-refractivity contribution in [2.75, 3.05) is 5.32 Å². The van der Waals surface area contributed by atoms with Crippen LogP contribution in [0.25, 0.3) is 0 Å². The maximum absolute atomic E-state index is 11.6. The molecule has 1 atom stereocenters. The molecular weight excluding hydrogens is 264 g/mol. The van der Waals surface area contributed by atoms with Gasteiger partial charge in [-0.1, -0.05) is 0 Å². The van der Waals surface area contributed by atoms with E-state index in [2.05, 4.69) is 15.6 Å². The van der Waals surface area contributed by atoms with E-state index in [4.69, 9.17) is 4.74 Å². The van der Waals surface area contributed by atoms with Crippen molar-refractivity contribution in [3.8, 4) is 0 Å². The first-order chi connectivity index (χ1) is 9.19. The summed E-state index contributed by atoms with van der Waals surface area (Å²) in [6.07, 6.45) is 0.241. The van der Waals surface area contributed by atoms with Gasteiger partial charge in [-0.05, 0) is 33.8 Å². The van der Waals surface area contributed by atoms with Crippen LogP contribution >= 0.6 is 0 Å². The van der Waals surface area contributed by atoms with Gasteiger partial charge in [0.05, 0.1) is 4.92 Å². The number of nitro groups is 1. The molecule has 0 saturated heterocycles. The van der Waals surface area contributed by atoms with Gasteiger partial charge in [0.15, 0.2) is 0 Å². The minimum Gasteiger partial charge on any atom is -0.444 e. The highest BCUT2D eigenvalue weighted by Crippen LogP contribution is 2.20. The highest BCUT2D eigenvalue weighted by atomic mass is 16.6. The molecule has 2 N–H and O–H groups in total. The number of alkyl carbamates (subject to hydrolysis) is 1. The summed E-state index contributed by atoms with van der Waals surface area (Å²) >= 11 is 0. The minimum atomic E-state index is -0.615. The number of nitrogens with one attached hydrogen (secondary N) is 2. The van der Waals surface area contributed by atoms with Crippen molar-refractivity contribution >= 4 is 17.6 Å². The first kappa shape index (κ1) is 15.7. The molecule has 0 aromatic carbocycles. The fourth-order valence-corrected chi connectivity index (χ4v) is 1.38. The number of hydrogen-bond acceptors (Lipinski definition) is 6. The number of pyridine rings is 1. The normalized spacial score (nSPS) is 12.4. The average molecular weight is 282 g/mol. The van der Waals surface area contributed by atoms with Crippen molar-refractivity contribution in [2.24, 2.45) is 0 Å². The Bertz CT molecular complexity index is 498. The van der Waals surface area contributed by atoms with Gasteiger partial charge in [0.2, 0.25) is 5.82 Å². The van der Waals surface area contributed by atoms with Crippen molar-refractivity contribution < 1.29 is 14.5 Å². The van der Waals surface area contributed by atoms with Crippen molar-refractivity contribution in [1.82, 2.24) is 10.3 Å². The molecule has 0 spiro atoms. The summed E-state index contributed by atoms with van der Waals surface area (Å²) in [6.45, 7) is 6.86. The number of ether oxygens (including phenoxy) is 1. The molecule has 20 heavy (non-hydrogen) atoms. The fourth-order valence-electron chi connectivity index (χ4n) is 1.38. The molecule has 0 saturated carbocycles. The van der Waals surface area contributed by atoms with E-state index in [-0.39, 0.29) is 11.5 Å². The molecule has 1 amide bonds. The molecule has 0 bridgehead atoms. The molecule has 0 aliphatic heterocycles. The molecular formula is C12H18N4O4. The Labute approximate surface area is 116 Å². The van der Waals surface area contributed by atoms with Gasteiger partial charge in [-0.25, -0.2) is 9.78 Å². The highest BCUT2D eigenvalue weighted by molar-refractivity contribution is 5.68. The molecule has 1 aromatic heterocycles. The second-order valence-corrected chi connectivity index (χ2v) is 5.14. The lowest BCUT2D eigenvalue weighted by atomic mass is 10.2. The maximum Gasteiger partial charge on any atom is 0.409 e. The van der Waals surface area contributed by atoms with Crippen LogP contribution in [0.5, 0.6) is 0 Å². The van der Waals surface area contributed by atoms with Gasteiger partial charge in [-0.2, -0.15) is 0 Å². The van der Waals surface area contributed by atoms with Crippen LogP contribution in [0.15, 0.2) is 18.3 Å². The van der Waals surface area contributed by atoms with E-state index in [0.717, 1.165) is 0 Å². The summed E-state index contributed by atoms with van der Waals surface area (Å²) in [4.78, 5) is 25.7. The van der Waals surface area contributed by atoms with Crippen LogP contribution in [0.4, 0.5) is 16.3 Å². The van der Waals surface area contributed by atoms with Crippen LogP contribution in [0, 0.1) is 10.1 Å². The third-order valence-corrected chi connectivity index (χ3v) is 2.07. The van der Waals surface area contributed by atoms with Crippen LogP contribution in [-0.2, 0) is 4.74 Å². The second-order valence-electron chi connectivity index (χ2n) is 5.14. The second kappa shape index (κ2) is 6.18. The van der Waals surface area contributed by atoms with Gasteiger partial charge in [-0.15, -0.1) is 0 Å². The zero-order chi connectivity index (χ0) is 15.3. The summed E-state index contributed by atoms with van der Waals surface area (Å²) in [5.41, 5.74) is -0.772. The van der Waals surface area contributed by atoms with E-state index in [1.54, 1.807) is 27.7 Å². The molecule has 1 heterocycles. The molecule has 1 rings (SSSR count). The van der Waals surface area contributed by atoms with Gasteiger partial charge >= 0.3 is 11.8 Å². The standard InChI is InChI=1S/C12H18N4O4/c1-8(15-11(17)20-12(2,3)4)14-10-9(16(18)19)6-5-7-13-10/h5-8H,1-4H3,(H,13,14)(H,15,17). The highest BCUT2D eigenvalue weighted by Gasteiger charge is 2.20. The molecule has 1 unspecified atom stereocenters. The monoisotopic (exact) mass is 282 g/mol. The third-order valence-electron chi connectivity index (χ3n) is 2.07. The van der Waals surface area contributed by atoms with Crippen molar-refractivity contribution in [2.45, 2.75) is 39.5 Å². The molecule has 110 valence electrons. The van der Waals surface area contributed by atoms with E-state index in [9.17, 15) is 14.9 Å². The van der Waals surface area contributed by atoms with Crippen molar-refractivity contribution in [3.05, 3.63) is 28.4 Å². The molecule has 0 aliphatic rings. The number of carbonyl (C=O) groups excluding carboxylic acids is 1. The lowest BCUT2D eigenvalue weighted by molar-refractivity contribution is -0.384. The first-order valence-electron chi connectivity index (χ1n) is 6.04. The first-order valence-corrected chi connectivity index (χ1v) is 6.04. The summed E-state index contributed by atoms with van der Waals surface area (Å²) in [7, 11) is 0. The van der Waals surface area contributed by atoms with Crippen molar-refractivity contribution in [3.63, 3.8) is 0 Å². The molecule has 1 aromatic rings. The zero-order valence-electron chi connectivity index (χ0n) is 11.8. The van der Waals surface area contributed by atoms with Crippen molar-refractivity contribution in [1.29, 1.82) is 0 Å². The Balaban J connectivity index is 2.65. The Morgan fingerprint density at radius 1 is 1.50 bits per heavy atom. The van der Waals surface area contributed by atoms with Gasteiger partial charge < -0.3 is 15.4 Å². The topological polar surface area (TPSA) is 106 Å². The largest absolute Gasteiger partial charge is 0.444 e. The van der Waals surface area contributed by atoms with Gasteiger partial charge in [0.25, 0.3) is 0 Å². The van der Waals surface area contributed by atoms with Crippen LogP contribution in [-0.4, -0.2) is 27.8 Å². The lowest BCUT2D eigenvalue weighted by Gasteiger charge is -2.22. The van der Waals surface area contributed by atoms with E-state index in [1.165, 1.54) is 18.3 Å². The predicted molar refractivity (Wildman–Crippen MR) is 73.3 cm³/mol. The Kier molecular flexibility index (Phi) is 4.84. The summed E-state index contributed by atoms with van der Waals surface area (Å²) in [5, 5.41) is 16.1. The summed E-state index contributed by atoms with van der Waals surface area (Å²) < 4.78 is 5.08. The average Bonchev–Trinajstić information content (AvgIpc) is 2.26. The predicted octanol–water partition coefficient (Wildman–Crippen LogP) is 2.27.